The van der Waals surface area contributed by atoms with Gasteiger partial charge in [0.15, 0.2) is 0 Å². The molecule has 32 heavy (non-hydrogen) atoms. The second kappa shape index (κ2) is 10.2. The molecular formula is C25H28N4O3. The average Bonchev–Trinajstić information content (AvgIpc) is 3.17. The molecule has 4 rings (SSSR count). The van der Waals surface area contributed by atoms with Crippen LogP contribution in [0.3, 0.4) is 0 Å². The number of urea groups is 1. The number of hydrazine groups is 1. The molecule has 1 N–H and O–H groups in total. The zero-order valence-corrected chi connectivity index (χ0v) is 18.4. The van der Waals surface area contributed by atoms with Gasteiger partial charge in [-0.25, -0.2) is 10.2 Å². The predicted molar refractivity (Wildman–Crippen MR) is 122 cm³/mol. The van der Waals surface area contributed by atoms with Crippen molar-refractivity contribution in [2.24, 2.45) is 0 Å². The van der Waals surface area contributed by atoms with Gasteiger partial charge in [-0.3, -0.25) is 9.99 Å². The number of nitrogens with zero attached hydrogens (tertiary/aromatic N) is 3. The fourth-order valence-corrected chi connectivity index (χ4v) is 3.85. The van der Waals surface area contributed by atoms with E-state index in [2.05, 4.69) is 10.4 Å². The summed E-state index contributed by atoms with van der Waals surface area (Å²) in [6.45, 7) is 1.67. The van der Waals surface area contributed by atoms with Gasteiger partial charge in [0.2, 0.25) is 0 Å². The lowest BCUT2D eigenvalue weighted by molar-refractivity contribution is 0.171. The van der Waals surface area contributed by atoms with Crippen LogP contribution >= 0.6 is 0 Å². The number of amides is 2. The van der Waals surface area contributed by atoms with E-state index in [0.717, 1.165) is 34.7 Å². The van der Waals surface area contributed by atoms with E-state index < -0.39 is 0 Å². The number of carbonyl (C=O) groups excluding carboxylic acids is 1. The van der Waals surface area contributed by atoms with E-state index in [-0.39, 0.29) is 12.1 Å². The Balaban J connectivity index is 1.49. The third kappa shape index (κ3) is 5.00. The Morgan fingerprint density at radius 2 is 1.66 bits per heavy atom. The summed E-state index contributed by atoms with van der Waals surface area (Å²) in [7, 11) is 3.31. The van der Waals surface area contributed by atoms with Gasteiger partial charge in [-0.15, -0.1) is 0 Å². The van der Waals surface area contributed by atoms with Crippen LogP contribution in [0.25, 0.3) is 0 Å². The minimum absolute atomic E-state index is 0.0322. The standard InChI is InChI=1S/C25H28N4O3/c1-31-22-10-6-19(7-11-22)14-16-28-24(20-8-12-23(32-2)13-9-20)18-29(25(28)30)27-17-21-5-3-4-15-26-21/h3-13,15,24,27H,14,16-18H2,1-2H3/t24-/m1/s1. The molecule has 0 aliphatic carbocycles. The third-order valence-electron chi connectivity index (χ3n) is 5.69. The van der Waals surface area contributed by atoms with E-state index >= 15 is 0 Å². The zero-order chi connectivity index (χ0) is 22.3. The van der Waals surface area contributed by atoms with Gasteiger partial charge in [0.1, 0.15) is 11.5 Å². The topological polar surface area (TPSA) is 66.9 Å². The number of ether oxygens (including phenoxy) is 2. The molecule has 0 spiro atoms. The molecule has 0 radical (unpaired) electrons. The molecule has 2 heterocycles. The van der Waals surface area contributed by atoms with Gasteiger partial charge < -0.3 is 14.4 Å². The van der Waals surface area contributed by atoms with Gasteiger partial charge in [-0.2, -0.15) is 0 Å². The summed E-state index contributed by atoms with van der Waals surface area (Å²) in [6.07, 6.45) is 2.51. The summed E-state index contributed by atoms with van der Waals surface area (Å²) in [5.41, 5.74) is 6.38. The molecule has 1 fully saturated rings. The van der Waals surface area contributed by atoms with E-state index in [1.165, 1.54) is 0 Å². The lowest BCUT2D eigenvalue weighted by Gasteiger charge is -2.23. The quantitative estimate of drug-likeness (QED) is 0.557. The van der Waals surface area contributed by atoms with Crippen LogP contribution in [-0.4, -0.2) is 48.2 Å². The molecule has 1 aliphatic heterocycles. The van der Waals surface area contributed by atoms with Crippen LogP contribution in [0.5, 0.6) is 11.5 Å². The molecule has 2 aromatic carbocycles. The molecule has 1 aromatic heterocycles. The second-order valence-corrected chi connectivity index (χ2v) is 7.63. The molecule has 166 valence electrons. The lowest BCUT2D eigenvalue weighted by Crippen LogP contribution is -2.41. The van der Waals surface area contributed by atoms with Crippen molar-refractivity contribution >= 4 is 6.03 Å². The molecule has 0 saturated carbocycles. The Kier molecular flexibility index (Phi) is 6.87. The van der Waals surface area contributed by atoms with Crippen molar-refractivity contribution in [1.29, 1.82) is 0 Å². The summed E-state index contributed by atoms with van der Waals surface area (Å²) in [6, 6.07) is 21.6. The van der Waals surface area contributed by atoms with Crippen LogP contribution in [0.1, 0.15) is 22.9 Å². The molecule has 7 nitrogen and oxygen atoms in total. The van der Waals surface area contributed by atoms with Crippen molar-refractivity contribution in [3.63, 3.8) is 0 Å². The normalized spacial score (nSPS) is 15.8. The molecular weight excluding hydrogens is 404 g/mol. The summed E-state index contributed by atoms with van der Waals surface area (Å²) >= 11 is 0. The first kappa shape index (κ1) is 21.6. The Labute approximate surface area is 188 Å². The highest BCUT2D eigenvalue weighted by atomic mass is 16.5. The van der Waals surface area contributed by atoms with Crippen molar-refractivity contribution in [1.82, 2.24) is 20.3 Å². The average molecular weight is 433 g/mol. The number of carbonyl (C=O) groups is 1. The number of benzene rings is 2. The van der Waals surface area contributed by atoms with Crippen LogP contribution in [0.15, 0.2) is 72.9 Å². The van der Waals surface area contributed by atoms with Crippen LogP contribution in [0.4, 0.5) is 4.79 Å². The molecule has 2 amide bonds. The highest BCUT2D eigenvalue weighted by Crippen LogP contribution is 2.30. The van der Waals surface area contributed by atoms with Crippen LogP contribution in [0.2, 0.25) is 0 Å². The highest BCUT2D eigenvalue weighted by molar-refractivity contribution is 5.77. The summed E-state index contributed by atoms with van der Waals surface area (Å²) in [5.74, 6) is 1.62. The first-order valence-electron chi connectivity index (χ1n) is 10.7. The van der Waals surface area contributed by atoms with E-state index in [1.54, 1.807) is 25.4 Å². The molecule has 1 aliphatic rings. The predicted octanol–water partition coefficient (Wildman–Crippen LogP) is 3.83. The van der Waals surface area contributed by atoms with Crippen molar-refractivity contribution in [2.45, 2.75) is 19.0 Å². The van der Waals surface area contributed by atoms with Gasteiger partial charge in [0.05, 0.1) is 39.0 Å². The number of rotatable bonds is 9. The first-order chi connectivity index (χ1) is 15.7. The maximum atomic E-state index is 13.3. The number of pyridine rings is 1. The van der Waals surface area contributed by atoms with Crippen molar-refractivity contribution < 1.29 is 14.3 Å². The Hall–Kier alpha value is -3.58. The largest absolute Gasteiger partial charge is 0.497 e. The lowest BCUT2D eigenvalue weighted by atomic mass is 10.1. The van der Waals surface area contributed by atoms with E-state index in [9.17, 15) is 4.79 Å². The molecule has 1 saturated heterocycles. The van der Waals surface area contributed by atoms with Crippen molar-refractivity contribution in [3.8, 4) is 11.5 Å². The number of methoxy groups -OCH3 is 2. The number of nitrogens with one attached hydrogen (secondary N) is 1. The van der Waals surface area contributed by atoms with Crippen molar-refractivity contribution in [2.75, 3.05) is 27.3 Å². The van der Waals surface area contributed by atoms with Gasteiger partial charge >= 0.3 is 6.03 Å². The maximum Gasteiger partial charge on any atom is 0.335 e. The summed E-state index contributed by atoms with van der Waals surface area (Å²) in [5, 5.41) is 1.69. The second-order valence-electron chi connectivity index (χ2n) is 7.63. The van der Waals surface area contributed by atoms with Crippen LogP contribution < -0.4 is 14.9 Å². The van der Waals surface area contributed by atoms with Gasteiger partial charge in [-0.05, 0) is 53.9 Å². The van der Waals surface area contributed by atoms with Gasteiger partial charge in [-0.1, -0.05) is 30.3 Å². The Morgan fingerprint density at radius 1 is 0.969 bits per heavy atom. The van der Waals surface area contributed by atoms with Gasteiger partial charge in [0.25, 0.3) is 0 Å². The van der Waals surface area contributed by atoms with Gasteiger partial charge in [0, 0.05) is 12.7 Å². The Morgan fingerprint density at radius 3 is 2.28 bits per heavy atom. The van der Waals surface area contributed by atoms with Crippen molar-refractivity contribution in [3.05, 3.63) is 89.7 Å². The Bertz CT molecular complexity index is 1010. The van der Waals surface area contributed by atoms with E-state index in [4.69, 9.17) is 9.47 Å². The summed E-state index contributed by atoms with van der Waals surface area (Å²) < 4.78 is 10.5. The monoisotopic (exact) mass is 432 g/mol. The summed E-state index contributed by atoms with van der Waals surface area (Å²) in [4.78, 5) is 19.5. The number of hydrogen-bond acceptors (Lipinski definition) is 5. The fourth-order valence-electron chi connectivity index (χ4n) is 3.85. The maximum absolute atomic E-state index is 13.3. The first-order valence-corrected chi connectivity index (χ1v) is 10.7. The van der Waals surface area contributed by atoms with E-state index in [1.807, 2.05) is 71.6 Å². The number of aromatic nitrogens is 1. The molecule has 3 aromatic rings. The molecule has 1 atom stereocenters. The van der Waals surface area contributed by atoms with Crippen LogP contribution in [-0.2, 0) is 13.0 Å². The molecule has 0 unspecified atom stereocenters. The van der Waals surface area contributed by atoms with E-state index in [0.29, 0.717) is 19.6 Å². The zero-order valence-electron chi connectivity index (χ0n) is 18.4. The smallest absolute Gasteiger partial charge is 0.335 e. The molecule has 0 bridgehead atoms. The fraction of sp³-hybridized carbons (Fsp3) is 0.280. The SMILES string of the molecule is COc1ccc(CCN2C(=O)N(NCc3ccccn3)C[C@@H]2c2ccc(OC)cc2)cc1. The minimum atomic E-state index is -0.0529. The minimum Gasteiger partial charge on any atom is -0.497 e. The highest BCUT2D eigenvalue weighted by Gasteiger charge is 2.37. The number of hydrogen-bond donors (Lipinski definition) is 1. The molecule has 7 heteroatoms. The van der Waals surface area contributed by atoms with Crippen LogP contribution in [0, 0.1) is 0 Å². The third-order valence-corrected chi connectivity index (χ3v) is 5.69.